The minimum atomic E-state index is -0.245. The lowest BCUT2D eigenvalue weighted by atomic mass is 10.0. The summed E-state index contributed by atoms with van der Waals surface area (Å²) in [4.78, 5) is 4.24. The maximum Gasteiger partial charge on any atom is 0.235 e. The van der Waals surface area contributed by atoms with Crippen molar-refractivity contribution in [2.24, 2.45) is 5.92 Å². The molecule has 2 heterocycles. The van der Waals surface area contributed by atoms with Gasteiger partial charge in [-0.15, -0.1) is 0 Å². The number of halogens is 1. The summed E-state index contributed by atoms with van der Waals surface area (Å²) in [5.74, 6) is 1.34. The number of hydrogen-bond acceptors (Lipinski definition) is 4. The molecule has 0 bridgehead atoms. The van der Waals surface area contributed by atoms with E-state index in [4.69, 9.17) is 9.15 Å². The normalized spacial score (nSPS) is 19.6. The Balaban J connectivity index is 1.87. The zero-order valence-corrected chi connectivity index (χ0v) is 12.0. The topological polar surface area (TPSA) is 47.3 Å². The standard InChI is InChI=1S/C16H19FN2O2/c1-2-11-9-13(17)3-4-14(11)21-15(12-5-6-18-10-12)16-19-7-8-20-16/h3-4,7-9,12,15,18H,2,5-6,10H2,1H3/t12-,15+/m0/s1. The average molecular weight is 290 g/mol. The number of rotatable bonds is 5. The van der Waals surface area contributed by atoms with Crippen molar-refractivity contribution in [1.82, 2.24) is 10.3 Å². The molecule has 1 saturated heterocycles. The summed E-state index contributed by atoms with van der Waals surface area (Å²) in [6.07, 6.45) is 4.66. The number of hydrogen-bond donors (Lipinski definition) is 1. The molecule has 112 valence electrons. The third-order valence-corrected chi connectivity index (χ3v) is 3.88. The van der Waals surface area contributed by atoms with Crippen LogP contribution in [0.5, 0.6) is 5.75 Å². The lowest BCUT2D eigenvalue weighted by Gasteiger charge is -2.23. The SMILES string of the molecule is CCc1cc(F)ccc1O[C@@H](c1ncco1)[C@H]1CCNC1. The van der Waals surface area contributed by atoms with Crippen LogP contribution in [0.25, 0.3) is 0 Å². The molecule has 0 unspecified atom stereocenters. The second kappa shape index (κ2) is 6.26. The van der Waals surface area contributed by atoms with E-state index in [0.29, 0.717) is 24.0 Å². The fourth-order valence-corrected chi connectivity index (χ4v) is 2.73. The van der Waals surface area contributed by atoms with Crippen LogP contribution in [0.3, 0.4) is 0 Å². The molecule has 21 heavy (non-hydrogen) atoms. The van der Waals surface area contributed by atoms with E-state index in [9.17, 15) is 4.39 Å². The highest BCUT2D eigenvalue weighted by atomic mass is 19.1. The number of oxazole rings is 1. The van der Waals surface area contributed by atoms with Gasteiger partial charge in [-0.05, 0) is 43.1 Å². The molecule has 1 fully saturated rings. The molecule has 2 aromatic rings. The highest BCUT2D eigenvalue weighted by molar-refractivity contribution is 5.34. The Kier molecular flexibility index (Phi) is 4.20. The summed E-state index contributed by atoms with van der Waals surface area (Å²) in [5.41, 5.74) is 0.859. The second-order valence-corrected chi connectivity index (χ2v) is 5.27. The van der Waals surface area contributed by atoms with Crippen LogP contribution in [-0.2, 0) is 6.42 Å². The van der Waals surface area contributed by atoms with E-state index < -0.39 is 0 Å². The van der Waals surface area contributed by atoms with Gasteiger partial charge in [-0.3, -0.25) is 0 Å². The first-order chi connectivity index (χ1) is 10.3. The first-order valence-corrected chi connectivity index (χ1v) is 7.33. The van der Waals surface area contributed by atoms with Gasteiger partial charge in [0.25, 0.3) is 0 Å². The fourth-order valence-electron chi connectivity index (χ4n) is 2.73. The number of aromatic nitrogens is 1. The molecule has 0 radical (unpaired) electrons. The molecule has 1 aliphatic rings. The number of ether oxygens (including phenoxy) is 1. The number of nitrogens with one attached hydrogen (secondary N) is 1. The van der Waals surface area contributed by atoms with Crippen molar-refractivity contribution in [2.45, 2.75) is 25.9 Å². The molecule has 5 heteroatoms. The fraction of sp³-hybridized carbons (Fsp3) is 0.438. The van der Waals surface area contributed by atoms with E-state index in [-0.39, 0.29) is 11.9 Å². The van der Waals surface area contributed by atoms with Gasteiger partial charge in [0.2, 0.25) is 5.89 Å². The molecule has 2 atom stereocenters. The van der Waals surface area contributed by atoms with Crippen LogP contribution in [0.2, 0.25) is 0 Å². The Hall–Kier alpha value is -1.88. The molecule has 3 rings (SSSR count). The van der Waals surface area contributed by atoms with E-state index in [1.165, 1.54) is 12.1 Å². The van der Waals surface area contributed by atoms with Crippen LogP contribution < -0.4 is 10.1 Å². The molecule has 1 aromatic heterocycles. The van der Waals surface area contributed by atoms with Gasteiger partial charge in [0.1, 0.15) is 17.8 Å². The van der Waals surface area contributed by atoms with Crippen molar-refractivity contribution in [3.63, 3.8) is 0 Å². The van der Waals surface area contributed by atoms with Crippen molar-refractivity contribution in [3.05, 3.63) is 47.9 Å². The maximum absolute atomic E-state index is 13.3. The summed E-state index contributed by atoms with van der Waals surface area (Å²) in [5, 5.41) is 3.33. The number of nitrogens with zero attached hydrogens (tertiary/aromatic N) is 1. The third-order valence-electron chi connectivity index (χ3n) is 3.88. The van der Waals surface area contributed by atoms with Crippen LogP contribution >= 0.6 is 0 Å². The Morgan fingerprint density at radius 3 is 3.10 bits per heavy atom. The maximum atomic E-state index is 13.3. The summed E-state index contributed by atoms with van der Waals surface area (Å²) in [6.45, 7) is 3.82. The van der Waals surface area contributed by atoms with Gasteiger partial charge in [0.05, 0.1) is 6.20 Å². The van der Waals surface area contributed by atoms with E-state index in [0.717, 1.165) is 25.1 Å². The zero-order valence-electron chi connectivity index (χ0n) is 12.0. The van der Waals surface area contributed by atoms with E-state index >= 15 is 0 Å². The molecule has 4 nitrogen and oxygen atoms in total. The minimum Gasteiger partial charge on any atom is -0.480 e. The lowest BCUT2D eigenvalue weighted by Crippen LogP contribution is -2.22. The molecule has 1 aromatic carbocycles. The quantitative estimate of drug-likeness (QED) is 0.919. The molecular formula is C16H19FN2O2. The van der Waals surface area contributed by atoms with Crippen LogP contribution in [0.15, 0.2) is 35.1 Å². The summed E-state index contributed by atoms with van der Waals surface area (Å²) in [7, 11) is 0. The summed E-state index contributed by atoms with van der Waals surface area (Å²) >= 11 is 0. The molecule has 0 aliphatic carbocycles. The lowest BCUT2D eigenvalue weighted by molar-refractivity contribution is 0.113. The van der Waals surface area contributed by atoms with Gasteiger partial charge >= 0.3 is 0 Å². The Bertz CT molecular complexity index is 580. The Labute approximate surface area is 123 Å². The van der Waals surface area contributed by atoms with Crippen molar-refractivity contribution in [1.29, 1.82) is 0 Å². The molecular weight excluding hydrogens is 271 g/mol. The van der Waals surface area contributed by atoms with Gasteiger partial charge in [-0.1, -0.05) is 6.92 Å². The van der Waals surface area contributed by atoms with Gasteiger partial charge in [-0.2, -0.15) is 0 Å². The van der Waals surface area contributed by atoms with Crippen LogP contribution in [-0.4, -0.2) is 18.1 Å². The van der Waals surface area contributed by atoms with Gasteiger partial charge in [-0.25, -0.2) is 9.37 Å². The predicted octanol–water partition coefficient (Wildman–Crippen LogP) is 3.11. The first-order valence-electron chi connectivity index (χ1n) is 7.33. The number of benzene rings is 1. The predicted molar refractivity (Wildman–Crippen MR) is 76.6 cm³/mol. The van der Waals surface area contributed by atoms with Gasteiger partial charge in [0, 0.05) is 12.5 Å². The molecule has 1 aliphatic heterocycles. The average Bonchev–Trinajstić information content (AvgIpc) is 3.19. The Morgan fingerprint density at radius 1 is 1.52 bits per heavy atom. The van der Waals surface area contributed by atoms with Crippen molar-refractivity contribution >= 4 is 0 Å². The van der Waals surface area contributed by atoms with Gasteiger partial charge in [0.15, 0.2) is 6.10 Å². The smallest absolute Gasteiger partial charge is 0.235 e. The van der Waals surface area contributed by atoms with E-state index in [2.05, 4.69) is 10.3 Å². The highest BCUT2D eigenvalue weighted by Gasteiger charge is 2.31. The summed E-state index contributed by atoms with van der Waals surface area (Å²) in [6, 6.07) is 4.63. The van der Waals surface area contributed by atoms with E-state index in [1.807, 2.05) is 6.92 Å². The monoisotopic (exact) mass is 290 g/mol. The number of aryl methyl sites for hydroxylation is 1. The molecule has 1 N–H and O–H groups in total. The highest BCUT2D eigenvalue weighted by Crippen LogP contribution is 2.33. The summed E-state index contributed by atoms with van der Waals surface area (Å²) < 4.78 is 24.9. The van der Waals surface area contributed by atoms with Crippen LogP contribution in [0.4, 0.5) is 4.39 Å². The van der Waals surface area contributed by atoms with Crippen LogP contribution in [0.1, 0.15) is 30.9 Å². The first kappa shape index (κ1) is 14.1. The van der Waals surface area contributed by atoms with Crippen molar-refractivity contribution in [3.8, 4) is 5.75 Å². The van der Waals surface area contributed by atoms with Gasteiger partial charge < -0.3 is 14.5 Å². The van der Waals surface area contributed by atoms with Crippen LogP contribution in [0, 0.1) is 11.7 Å². The zero-order chi connectivity index (χ0) is 14.7. The van der Waals surface area contributed by atoms with E-state index in [1.54, 1.807) is 18.5 Å². The molecule has 0 saturated carbocycles. The minimum absolute atomic E-state index is 0.241. The molecule has 0 spiro atoms. The molecule has 0 amide bonds. The third kappa shape index (κ3) is 3.08. The van der Waals surface area contributed by atoms with Crippen molar-refractivity contribution in [2.75, 3.05) is 13.1 Å². The van der Waals surface area contributed by atoms with Crippen molar-refractivity contribution < 1.29 is 13.5 Å². The second-order valence-electron chi connectivity index (χ2n) is 5.27. The largest absolute Gasteiger partial charge is 0.480 e. The Morgan fingerprint density at radius 2 is 2.43 bits per heavy atom.